The fourth-order valence-electron chi connectivity index (χ4n) is 2.98. The number of nitrogens with zero attached hydrogens (tertiary/aromatic N) is 1. The second kappa shape index (κ2) is 7.68. The van der Waals surface area contributed by atoms with Crippen LogP contribution >= 0.6 is 12.2 Å². The van der Waals surface area contributed by atoms with Crippen LogP contribution in [0.5, 0.6) is 0 Å². The molecule has 2 heterocycles. The summed E-state index contributed by atoms with van der Waals surface area (Å²) in [5, 5.41) is 6.89. The smallest absolute Gasteiger partial charge is 0.171 e. The van der Waals surface area contributed by atoms with Crippen LogP contribution in [0.15, 0.2) is 48.7 Å². The first-order valence-electron chi connectivity index (χ1n) is 7.98. The number of rotatable bonds is 4. The molecule has 0 spiro atoms. The molecule has 1 fully saturated rings. The van der Waals surface area contributed by atoms with E-state index in [0.29, 0.717) is 30.7 Å². The number of thiocarbonyl (C=S) groups is 1. The highest BCUT2D eigenvalue weighted by molar-refractivity contribution is 7.80. The minimum Gasteiger partial charge on any atom is -0.381 e. The van der Waals surface area contributed by atoms with E-state index >= 15 is 0 Å². The molecule has 0 unspecified atom stereocenters. The molecule has 1 saturated heterocycles. The largest absolute Gasteiger partial charge is 0.381 e. The first-order valence-corrected chi connectivity index (χ1v) is 8.38. The van der Waals surface area contributed by atoms with E-state index in [0.717, 1.165) is 18.4 Å². The van der Waals surface area contributed by atoms with Crippen LogP contribution in [-0.4, -0.2) is 29.9 Å². The Balaban J connectivity index is 1.68. The lowest BCUT2D eigenvalue weighted by Gasteiger charge is -2.38. The predicted molar refractivity (Wildman–Crippen MR) is 96.6 cm³/mol. The number of benzene rings is 1. The first-order chi connectivity index (χ1) is 11.7. The van der Waals surface area contributed by atoms with Crippen LogP contribution in [0.4, 0.5) is 10.2 Å². The highest BCUT2D eigenvalue weighted by atomic mass is 32.1. The van der Waals surface area contributed by atoms with Gasteiger partial charge in [-0.1, -0.05) is 18.2 Å². The van der Waals surface area contributed by atoms with Gasteiger partial charge in [-0.2, -0.15) is 0 Å². The van der Waals surface area contributed by atoms with Gasteiger partial charge in [0.2, 0.25) is 0 Å². The molecule has 2 aromatic rings. The second-order valence-electron chi connectivity index (χ2n) is 5.92. The maximum atomic E-state index is 13.3. The number of hydrogen-bond donors (Lipinski definition) is 2. The number of hydrogen-bond acceptors (Lipinski definition) is 3. The van der Waals surface area contributed by atoms with Gasteiger partial charge in [-0.15, -0.1) is 0 Å². The van der Waals surface area contributed by atoms with Crippen LogP contribution in [0, 0.1) is 5.82 Å². The maximum absolute atomic E-state index is 13.3. The summed E-state index contributed by atoms with van der Waals surface area (Å²) in [6.45, 7) is 2.06. The van der Waals surface area contributed by atoms with Crippen molar-refractivity contribution in [2.24, 2.45) is 0 Å². The molecule has 1 aromatic heterocycles. The Morgan fingerprint density at radius 2 is 1.92 bits per heavy atom. The summed E-state index contributed by atoms with van der Waals surface area (Å²) in [7, 11) is 0. The molecule has 3 rings (SSSR count). The summed E-state index contributed by atoms with van der Waals surface area (Å²) in [5.74, 6) is 0.485. The topological polar surface area (TPSA) is 46.2 Å². The van der Waals surface area contributed by atoms with Gasteiger partial charge in [-0.25, -0.2) is 9.37 Å². The van der Waals surface area contributed by atoms with Crippen molar-refractivity contribution in [3.8, 4) is 0 Å². The quantitative estimate of drug-likeness (QED) is 0.833. The summed E-state index contributed by atoms with van der Waals surface area (Å²) in [6.07, 6.45) is 3.46. The monoisotopic (exact) mass is 345 g/mol. The summed E-state index contributed by atoms with van der Waals surface area (Å²) in [4.78, 5) is 4.20. The molecule has 24 heavy (non-hydrogen) atoms. The molecule has 0 amide bonds. The van der Waals surface area contributed by atoms with Gasteiger partial charge in [0.05, 0.1) is 0 Å². The third-order valence-electron chi connectivity index (χ3n) is 4.40. The van der Waals surface area contributed by atoms with Crippen LogP contribution in [0.1, 0.15) is 18.4 Å². The van der Waals surface area contributed by atoms with Crippen LogP contribution < -0.4 is 10.6 Å². The number of pyridine rings is 1. The highest BCUT2D eigenvalue weighted by Gasteiger charge is 2.34. The summed E-state index contributed by atoms with van der Waals surface area (Å²) < 4.78 is 18.8. The molecular formula is C18H20FN3OS. The zero-order chi connectivity index (χ0) is 16.8. The van der Waals surface area contributed by atoms with Gasteiger partial charge in [0.15, 0.2) is 5.11 Å². The van der Waals surface area contributed by atoms with Crippen molar-refractivity contribution in [1.82, 2.24) is 10.3 Å². The lowest BCUT2D eigenvalue weighted by molar-refractivity contribution is 0.0515. The minimum atomic E-state index is -0.221. The molecule has 4 nitrogen and oxygen atoms in total. The van der Waals surface area contributed by atoms with Crippen molar-refractivity contribution >= 4 is 23.1 Å². The Kier molecular flexibility index (Phi) is 5.37. The van der Waals surface area contributed by atoms with Gasteiger partial charge in [0.1, 0.15) is 11.6 Å². The maximum Gasteiger partial charge on any atom is 0.171 e. The van der Waals surface area contributed by atoms with Crippen molar-refractivity contribution in [3.63, 3.8) is 0 Å². The zero-order valence-corrected chi connectivity index (χ0v) is 14.1. The number of aromatic nitrogens is 1. The Hall–Kier alpha value is -2.05. The molecule has 1 aromatic carbocycles. The van der Waals surface area contributed by atoms with E-state index in [1.807, 2.05) is 30.3 Å². The highest BCUT2D eigenvalue weighted by Crippen LogP contribution is 2.34. The molecule has 0 atom stereocenters. The normalized spacial score (nSPS) is 16.4. The van der Waals surface area contributed by atoms with E-state index in [4.69, 9.17) is 17.0 Å². The predicted octanol–water partition coefficient (Wildman–Crippen LogP) is 3.26. The van der Waals surface area contributed by atoms with Crippen molar-refractivity contribution in [2.45, 2.75) is 18.3 Å². The minimum absolute atomic E-state index is 0.109. The molecule has 0 bridgehead atoms. The van der Waals surface area contributed by atoms with Crippen LogP contribution in [0.3, 0.4) is 0 Å². The Labute approximate surface area is 146 Å². The van der Waals surface area contributed by atoms with E-state index in [1.54, 1.807) is 6.20 Å². The SMILES string of the molecule is Fc1ccc(C2(CNC(=S)Nc3ccccn3)CCOCC2)cc1. The fourth-order valence-corrected chi connectivity index (χ4v) is 3.16. The summed E-state index contributed by atoms with van der Waals surface area (Å²) in [6, 6.07) is 12.4. The van der Waals surface area contributed by atoms with E-state index in [-0.39, 0.29) is 11.2 Å². The van der Waals surface area contributed by atoms with Crippen molar-refractivity contribution in [2.75, 3.05) is 25.1 Å². The molecule has 0 aliphatic carbocycles. The summed E-state index contributed by atoms with van der Waals surface area (Å²) >= 11 is 5.37. The number of halogens is 1. The Bertz CT molecular complexity index is 672. The van der Waals surface area contributed by atoms with E-state index in [9.17, 15) is 4.39 Å². The van der Waals surface area contributed by atoms with Gasteiger partial charge in [0.25, 0.3) is 0 Å². The van der Waals surface area contributed by atoms with Crippen LogP contribution in [-0.2, 0) is 10.2 Å². The second-order valence-corrected chi connectivity index (χ2v) is 6.33. The molecule has 0 saturated carbocycles. The first kappa shape index (κ1) is 16.8. The van der Waals surface area contributed by atoms with Gasteiger partial charge in [-0.05, 0) is 54.9 Å². The average Bonchev–Trinajstić information content (AvgIpc) is 2.62. The van der Waals surface area contributed by atoms with E-state index < -0.39 is 0 Å². The molecule has 126 valence electrons. The lowest BCUT2D eigenvalue weighted by atomic mass is 9.74. The number of ether oxygens (including phenoxy) is 1. The van der Waals surface area contributed by atoms with Crippen LogP contribution in [0.2, 0.25) is 0 Å². The third-order valence-corrected chi connectivity index (χ3v) is 4.65. The lowest BCUT2D eigenvalue weighted by Crippen LogP contribution is -2.45. The van der Waals surface area contributed by atoms with Gasteiger partial charge < -0.3 is 15.4 Å². The molecule has 6 heteroatoms. The van der Waals surface area contributed by atoms with Crippen LogP contribution in [0.25, 0.3) is 0 Å². The van der Waals surface area contributed by atoms with E-state index in [1.165, 1.54) is 12.1 Å². The standard InChI is InChI=1S/C18H20FN3OS/c19-15-6-4-14(5-7-15)18(8-11-23-12-9-18)13-21-17(24)22-16-3-1-2-10-20-16/h1-7,10H,8-9,11-13H2,(H2,20,21,22,24). The van der Waals surface area contributed by atoms with Crippen molar-refractivity contribution < 1.29 is 9.13 Å². The molecule has 1 aliphatic heterocycles. The Morgan fingerprint density at radius 1 is 1.17 bits per heavy atom. The number of nitrogens with one attached hydrogen (secondary N) is 2. The van der Waals surface area contributed by atoms with Gasteiger partial charge in [0, 0.05) is 31.4 Å². The molecule has 0 radical (unpaired) electrons. The summed E-state index contributed by atoms with van der Waals surface area (Å²) in [5.41, 5.74) is 1.00. The van der Waals surface area contributed by atoms with E-state index in [2.05, 4.69) is 15.6 Å². The third kappa shape index (κ3) is 4.07. The fraction of sp³-hybridized carbons (Fsp3) is 0.333. The molecule has 2 N–H and O–H groups in total. The van der Waals surface area contributed by atoms with Crippen molar-refractivity contribution in [1.29, 1.82) is 0 Å². The molecular weight excluding hydrogens is 325 g/mol. The molecule has 1 aliphatic rings. The average molecular weight is 345 g/mol. The zero-order valence-electron chi connectivity index (χ0n) is 13.3. The van der Waals surface area contributed by atoms with Gasteiger partial charge >= 0.3 is 0 Å². The van der Waals surface area contributed by atoms with Crippen molar-refractivity contribution in [3.05, 3.63) is 60.0 Å². The number of anilines is 1. The Morgan fingerprint density at radius 3 is 2.58 bits per heavy atom. The van der Waals surface area contributed by atoms with Gasteiger partial charge in [-0.3, -0.25) is 0 Å².